The molecule has 0 bridgehead atoms. The zero-order valence-electron chi connectivity index (χ0n) is 10.7. The fourth-order valence-corrected chi connectivity index (χ4v) is 2.07. The minimum Gasteiger partial charge on any atom is -0.494 e. The quantitative estimate of drug-likeness (QED) is 0.695. The van der Waals surface area contributed by atoms with Crippen LogP contribution in [0.3, 0.4) is 0 Å². The number of benzene rings is 1. The van der Waals surface area contributed by atoms with Crippen LogP contribution in [0, 0.1) is 5.92 Å². The van der Waals surface area contributed by atoms with Gasteiger partial charge in [0, 0.05) is 6.54 Å². The van der Waals surface area contributed by atoms with E-state index >= 15 is 0 Å². The topological polar surface area (TPSA) is 21.3 Å². The Kier molecular flexibility index (Phi) is 4.87. The standard InChI is InChI=1S/C15H23NO/c1-2-17-15-7-3-5-14(11-15)12-16-10-4-6-13-8-9-13/h3,5,7,11,13,16H,2,4,6,8-10,12H2,1H3. The number of nitrogens with one attached hydrogen (secondary N) is 1. The van der Waals surface area contributed by atoms with Gasteiger partial charge in [0.1, 0.15) is 5.75 Å². The summed E-state index contributed by atoms with van der Waals surface area (Å²) in [7, 11) is 0. The van der Waals surface area contributed by atoms with Gasteiger partial charge in [-0.25, -0.2) is 0 Å². The van der Waals surface area contributed by atoms with E-state index in [1.54, 1.807) is 0 Å². The lowest BCUT2D eigenvalue weighted by atomic mass is 10.2. The predicted octanol–water partition coefficient (Wildman–Crippen LogP) is 3.37. The Bertz CT molecular complexity index is 333. The summed E-state index contributed by atoms with van der Waals surface area (Å²) in [5.41, 5.74) is 1.31. The molecule has 1 aliphatic carbocycles. The van der Waals surface area contributed by atoms with E-state index in [-0.39, 0.29) is 0 Å². The van der Waals surface area contributed by atoms with Crippen molar-refractivity contribution in [2.45, 2.75) is 39.2 Å². The summed E-state index contributed by atoms with van der Waals surface area (Å²) in [5, 5.41) is 3.50. The highest BCUT2D eigenvalue weighted by Gasteiger charge is 2.19. The van der Waals surface area contributed by atoms with Crippen LogP contribution in [0.15, 0.2) is 24.3 Å². The normalized spacial score (nSPS) is 14.9. The second-order valence-electron chi connectivity index (χ2n) is 4.84. The highest BCUT2D eigenvalue weighted by molar-refractivity contribution is 5.28. The lowest BCUT2D eigenvalue weighted by Crippen LogP contribution is -2.14. The van der Waals surface area contributed by atoms with Crippen LogP contribution < -0.4 is 10.1 Å². The second kappa shape index (κ2) is 6.65. The average Bonchev–Trinajstić information content (AvgIpc) is 3.14. The van der Waals surface area contributed by atoms with Crippen LogP contribution in [0.2, 0.25) is 0 Å². The Labute approximate surface area is 104 Å². The van der Waals surface area contributed by atoms with Gasteiger partial charge in [-0.2, -0.15) is 0 Å². The lowest BCUT2D eigenvalue weighted by Gasteiger charge is -2.07. The largest absolute Gasteiger partial charge is 0.494 e. The molecule has 0 aliphatic heterocycles. The van der Waals surface area contributed by atoms with Crippen LogP contribution in [0.5, 0.6) is 5.75 Å². The smallest absolute Gasteiger partial charge is 0.119 e. The molecular formula is C15H23NO. The Balaban J connectivity index is 1.64. The first-order chi connectivity index (χ1) is 8.38. The number of hydrogen-bond acceptors (Lipinski definition) is 2. The molecule has 1 aliphatic rings. The Hall–Kier alpha value is -1.02. The highest BCUT2D eigenvalue weighted by atomic mass is 16.5. The second-order valence-corrected chi connectivity index (χ2v) is 4.84. The van der Waals surface area contributed by atoms with E-state index in [4.69, 9.17) is 4.74 Å². The van der Waals surface area contributed by atoms with Crippen LogP contribution in [0.1, 0.15) is 38.2 Å². The summed E-state index contributed by atoms with van der Waals surface area (Å²) in [4.78, 5) is 0. The van der Waals surface area contributed by atoms with Crippen LogP contribution in [-0.4, -0.2) is 13.2 Å². The van der Waals surface area contributed by atoms with Gasteiger partial charge in [-0.1, -0.05) is 25.0 Å². The van der Waals surface area contributed by atoms with Crippen molar-refractivity contribution in [2.24, 2.45) is 5.92 Å². The van der Waals surface area contributed by atoms with Gasteiger partial charge in [0.15, 0.2) is 0 Å². The Morgan fingerprint density at radius 3 is 3.00 bits per heavy atom. The monoisotopic (exact) mass is 233 g/mol. The van der Waals surface area contributed by atoms with E-state index < -0.39 is 0 Å². The third-order valence-corrected chi connectivity index (χ3v) is 3.20. The van der Waals surface area contributed by atoms with Crippen molar-refractivity contribution >= 4 is 0 Å². The first-order valence-electron chi connectivity index (χ1n) is 6.81. The van der Waals surface area contributed by atoms with Gasteiger partial charge < -0.3 is 10.1 Å². The molecule has 2 rings (SSSR count). The number of ether oxygens (including phenoxy) is 1. The fraction of sp³-hybridized carbons (Fsp3) is 0.600. The van der Waals surface area contributed by atoms with Crippen LogP contribution in [-0.2, 0) is 6.54 Å². The molecule has 1 N–H and O–H groups in total. The molecule has 0 unspecified atom stereocenters. The van der Waals surface area contributed by atoms with Crippen LogP contribution in [0.25, 0.3) is 0 Å². The fourth-order valence-electron chi connectivity index (χ4n) is 2.07. The number of hydrogen-bond donors (Lipinski definition) is 1. The van der Waals surface area contributed by atoms with Gasteiger partial charge >= 0.3 is 0 Å². The first kappa shape index (κ1) is 12.4. The van der Waals surface area contributed by atoms with Gasteiger partial charge in [0.25, 0.3) is 0 Å². The van der Waals surface area contributed by atoms with Crippen molar-refractivity contribution in [3.8, 4) is 5.75 Å². The van der Waals surface area contributed by atoms with Gasteiger partial charge in [-0.15, -0.1) is 0 Å². The first-order valence-corrected chi connectivity index (χ1v) is 6.81. The summed E-state index contributed by atoms with van der Waals surface area (Å²) >= 11 is 0. The Morgan fingerprint density at radius 1 is 1.35 bits per heavy atom. The summed E-state index contributed by atoms with van der Waals surface area (Å²) in [6, 6.07) is 8.35. The van der Waals surface area contributed by atoms with Crippen molar-refractivity contribution < 1.29 is 4.74 Å². The zero-order valence-corrected chi connectivity index (χ0v) is 10.7. The predicted molar refractivity (Wildman–Crippen MR) is 71.3 cm³/mol. The highest BCUT2D eigenvalue weighted by Crippen LogP contribution is 2.33. The molecule has 0 atom stereocenters. The number of rotatable bonds is 8. The van der Waals surface area contributed by atoms with E-state index in [1.165, 1.54) is 31.2 Å². The Morgan fingerprint density at radius 2 is 2.24 bits per heavy atom. The zero-order chi connectivity index (χ0) is 11.9. The van der Waals surface area contributed by atoms with E-state index in [2.05, 4.69) is 23.5 Å². The molecule has 0 aromatic heterocycles. The molecule has 0 saturated heterocycles. The van der Waals surface area contributed by atoms with Crippen LogP contribution in [0.4, 0.5) is 0 Å². The van der Waals surface area contributed by atoms with Gasteiger partial charge in [0.05, 0.1) is 6.61 Å². The molecule has 0 amide bonds. The molecule has 0 heterocycles. The molecule has 0 radical (unpaired) electrons. The molecular weight excluding hydrogens is 210 g/mol. The van der Waals surface area contributed by atoms with Crippen molar-refractivity contribution in [1.82, 2.24) is 5.32 Å². The average molecular weight is 233 g/mol. The van der Waals surface area contributed by atoms with Gasteiger partial charge in [-0.3, -0.25) is 0 Å². The molecule has 2 nitrogen and oxygen atoms in total. The molecule has 1 fully saturated rings. The SMILES string of the molecule is CCOc1cccc(CNCCCC2CC2)c1. The molecule has 2 heteroatoms. The third kappa shape index (κ3) is 4.78. The van der Waals surface area contributed by atoms with Crippen LogP contribution >= 0.6 is 0 Å². The summed E-state index contributed by atoms with van der Waals surface area (Å²) in [6.07, 6.45) is 5.66. The maximum Gasteiger partial charge on any atom is 0.119 e. The van der Waals surface area contributed by atoms with E-state index in [0.29, 0.717) is 0 Å². The molecule has 17 heavy (non-hydrogen) atoms. The molecule has 1 saturated carbocycles. The summed E-state index contributed by atoms with van der Waals surface area (Å²) in [5.74, 6) is 2.03. The van der Waals surface area contributed by atoms with E-state index in [0.717, 1.165) is 31.4 Å². The van der Waals surface area contributed by atoms with Gasteiger partial charge in [0.2, 0.25) is 0 Å². The molecule has 1 aromatic rings. The lowest BCUT2D eigenvalue weighted by molar-refractivity contribution is 0.340. The minimum absolute atomic E-state index is 0.734. The van der Waals surface area contributed by atoms with Crippen molar-refractivity contribution in [3.63, 3.8) is 0 Å². The molecule has 0 spiro atoms. The van der Waals surface area contributed by atoms with Gasteiger partial charge in [-0.05, 0) is 49.9 Å². The summed E-state index contributed by atoms with van der Waals surface area (Å²) < 4.78 is 5.49. The summed E-state index contributed by atoms with van der Waals surface area (Å²) in [6.45, 7) is 4.84. The molecule has 94 valence electrons. The maximum atomic E-state index is 5.49. The minimum atomic E-state index is 0.734. The van der Waals surface area contributed by atoms with Crippen molar-refractivity contribution in [3.05, 3.63) is 29.8 Å². The van der Waals surface area contributed by atoms with E-state index in [9.17, 15) is 0 Å². The molecule has 1 aromatic carbocycles. The van der Waals surface area contributed by atoms with E-state index in [1.807, 2.05) is 13.0 Å². The third-order valence-electron chi connectivity index (χ3n) is 3.20. The van der Waals surface area contributed by atoms with Crippen molar-refractivity contribution in [2.75, 3.05) is 13.2 Å². The maximum absolute atomic E-state index is 5.49. The van der Waals surface area contributed by atoms with Crippen molar-refractivity contribution in [1.29, 1.82) is 0 Å².